The van der Waals surface area contributed by atoms with E-state index >= 15 is 0 Å². The fourth-order valence-corrected chi connectivity index (χ4v) is 3.42. The van der Waals surface area contributed by atoms with E-state index in [4.69, 9.17) is 21.5 Å². The number of hydrogen-bond acceptors (Lipinski definition) is 4. The van der Waals surface area contributed by atoms with Crippen molar-refractivity contribution in [1.29, 1.82) is 0 Å². The second kappa shape index (κ2) is 7.07. The van der Waals surface area contributed by atoms with Crippen LogP contribution in [0.15, 0.2) is 23.1 Å². The van der Waals surface area contributed by atoms with E-state index < -0.39 is 10.0 Å². The lowest BCUT2D eigenvalue weighted by molar-refractivity contribution is 0.0417. The third kappa shape index (κ3) is 4.93. The maximum Gasteiger partial charge on any atom is 0.238 e. The summed E-state index contributed by atoms with van der Waals surface area (Å²) in [6, 6.07) is 4.95. The molecule has 0 amide bonds. The number of sulfonamides is 1. The molecule has 2 atom stereocenters. The van der Waals surface area contributed by atoms with E-state index in [1.54, 1.807) is 12.1 Å². The van der Waals surface area contributed by atoms with Crippen LogP contribution in [0.3, 0.4) is 0 Å². The molecular weight excluding hydrogens is 312 g/mol. The van der Waals surface area contributed by atoms with Gasteiger partial charge in [-0.1, -0.05) is 11.6 Å². The molecule has 3 N–H and O–H groups in total. The van der Waals surface area contributed by atoms with E-state index in [1.807, 2.05) is 0 Å². The largest absolute Gasteiger partial charge is 0.381 e. The Morgan fingerprint density at radius 1 is 1.48 bits per heavy atom. The van der Waals surface area contributed by atoms with Gasteiger partial charge in [-0.2, -0.15) is 0 Å². The molecule has 5 nitrogen and oxygen atoms in total. The highest BCUT2D eigenvalue weighted by molar-refractivity contribution is 7.89. The Hall–Kier alpha value is -0.660. The molecule has 2 rings (SSSR count). The average molecular weight is 333 g/mol. The Kier molecular flexibility index (Phi) is 5.62. The molecular formula is C14H21ClN2O3S. The first-order valence-corrected chi connectivity index (χ1v) is 8.92. The van der Waals surface area contributed by atoms with Gasteiger partial charge in [-0.25, -0.2) is 13.6 Å². The Bertz CT molecular complexity index is 586. The van der Waals surface area contributed by atoms with Crippen LogP contribution in [0.5, 0.6) is 0 Å². The zero-order valence-corrected chi connectivity index (χ0v) is 13.6. The summed E-state index contributed by atoms with van der Waals surface area (Å²) in [5.74, 6) is 0.482. The van der Waals surface area contributed by atoms with Crippen LogP contribution in [-0.4, -0.2) is 27.7 Å². The van der Waals surface area contributed by atoms with Crippen LogP contribution >= 0.6 is 11.6 Å². The molecule has 1 aromatic carbocycles. The lowest BCUT2D eigenvalue weighted by Gasteiger charge is -2.28. The van der Waals surface area contributed by atoms with Crippen LogP contribution < -0.4 is 10.5 Å². The number of benzene rings is 1. The molecule has 118 valence electrons. The predicted molar refractivity (Wildman–Crippen MR) is 82.7 cm³/mol. The monoisotopic (exact) mass is 332 g/mol. The summed E-state index contributed by atoms with van der Waals surface area (Å²) >= 11 is 5.95. The smallest absolute Gasteiger partial charge is 0.238 e. The predicted octanol–water partition coefficient (Wildman–Crippen LogP) is 1.89. The van der Waals surface area contributed by atoms with Crippen molar-refractivity contribution in [1.82, 2.24) is 5.32 Å². The zero-order chi connectivity index (χ0) is 15.5. The van der Waals surface area contributed by atoms with Gasteiger partial charge in [-0.05, 0) is 49.4 Å². The van der Waals surface area contributed by atoms with E-state index in [1.165, 1.54) is 6.07 Å². The molecule has 7 heteroatoms. The summed E-state index contributed by atoms with van der Waals surface area (Å²) in [5.41, 5.74) is 0.801. The number of halogens is 1. The highest BCUT2D eigenvalue weighted by Crippen LogP contribution is 2.20. The molecule has 0 bridgehead atoms. The maximum atomic E-state index is 11.4. The van der Waals surface area contributed by atoms with Gasteiger partial charge in [0.05, 0.1) is 11.5 Å². The second-order valence-corrected chi connectivity index (χ2v) is 7.48. The third-order valence-electron chi connectivity index (χ3n) is 3.79. The quantitative estimate of drug-likeness (QED) is 0.862. The van der Waals surface area contributed by atoms with Crippen molar-refractivity contribution in [3.8, 4) is 0 Å². The van der Waals surface area contributed by atoms with E-state index in [0.717, 1.165) is 31.6 Å². The van der Waals surface area contributed by atoms with Gasteiger partial charge >= 0.3 is 0 Å². The van der Waals surface area contributed by atoms with Gasteiger partial charge in [-0.15, -0.1) is 0 Å². The van der Waals surface area contributed by atoms with Crippen molar-refractivity contribution in [2.24, 2.45) is 11.1 Å². The molecule has 0 aliphatic carbocycles. The summed E-state index contributed by atoms with van der Waals surface area (Å²) in [6.45, 7) is 4.27. The molecule has 0 radical (unpaired) electrons. The van der Waals surface area contributed by atoms with Crippen molar-refractivity contribution in [3.63, 3.8) is 0 Å². The topological polar surface area (TPSA) is 81.4 Å². The van der Waals surface area contributed by atoms with Gasteiger partial charge in [0.15, 0.2) is 0 Å². The van der Waals surface area contributed by atoms with Crippen LogP contribution in [0.25, 0.3) is 0 Å². The summed E-state index contributed by atoms with van der Waals surface area (Å²) in [4.78, 5) is 0.0421. The first-order chi connectivity index (χ1) is 9.86. The van der Waals surface area contributed by atoms with E-state index in [2.05, 4.69) is 12.2 Å². The lowest BCUT2D eigenvalue weighted by atomic mass is 9.95. The summed E-state index contributed by atoms with van der Waals surface area (Å²) in [6.07, 6.45) is 2.23. The van der Waals surface area contributed by atoms with Crippen molar-refractivity contribution in [2.75, 3.05) is 13.2 Å². The van der Waals surface area contributed by atoms with Crippen LogP contribution in [0.2, 0.25) is 5.02 Å². The molecule has 21 heavy (non-hydrogen) atoms. The molecule has 1 heterocycles. The normalized spacial score (nSPS) is 21.2. The van der Waals surface area contributed by atoms with Gasteiger partial charge in [-0.3, -0.25) is 0 Å². The van der Waals surface area contributed by atoms with Crippen LogP contribution in [-0.2, 0) is 21.3 Å². The average Bonchev–Trinajstić information content (AvgIpc) is 2.44. The van der Waals surface area contributed by atoms with E-state index in [0.29, 0.717) is 23.5 Å². The minimum absolute atomic E-state index is 0.0421. The van der Waals surface area contributed by atoms with Crippen molar-refractivity contribution in [3.05, 3.63) is 28.8 Å². The highest BCUT2D eigenvalue weighted by Gasteiger charge is 2.20. The van der Waals surface area contributed by atoms with Gasteiger partial charge in [0.1, 0.15) is 0 Å². The second-order valence-electron chi connectivity index (χ2n) is 5.49. The summed E-state index contributed by atoms with van der Waals surface area (Å²) in [5, 5.41) is 8.91. The molecule has 1 aromatic rings. The van der Waals surface area contributed by atoms with Gasteiger partial charge < -0.3 is 10.1 Å². The fourth-order valence-electron chi connectivity index (χ4n) is 2.49. The minimum Gasteiger partial charge on any atom is -0.381 e. The summed E-state index contributed by atoms with van der Waals surface area (Å²) < 4.78 is 28.3. The Morgan fingerprint density at radius 2 is 2.24 bits per heavy atom. The molecule has 1 fully saturated rings. The minimum atomic E-state index is -3.74. The molecule has 2 unspecified atom stereocenters. The number of ether oxygens (including phenoxy) is 1. The molecule has 1 saturated heterocycles. The fraction of sp³-hybridized carbons (Fsp3) is 0.571. The first kappa shape index (κ1) is 16.7. The zero-order valence-electron chi connectivity index (χ0n) is 12.0. The number of hydrogen-bond donors (Lipinski definition) is 2. The van der Waals surface area contributed by atoms with Gasteiger partial charge in [0, 0.05) is 24.2 Å². The van der Waals surface area contributed by atoms with Crippen molar-refractivity contribution >= 4 is 21.6 Å². The van der Waals surface area contributed by atoms with E-state index in [9.17, 15) is 8.42 Å². The molecule has 1 aliphatic heterocycles. The Balaban J connectivity index is 2.01. The van der Waals surface area contributed by atoms with Crippen LogP contribution in [0.4, 0.5) is 0 Å². The molecule has 0 aromatic heterocycles. The molecule has 0 spiro atoms. The van der Waals surface area contributed by atoms with Gasteiger partial charge in [0.25, 0.3) is 0 Å². The third-order valence-corrected chi connectivity index (χ3v) is 4.90. The number of rotatable bonds is 5. The lowest BCUT2D eigenvalue weighted by Crippen LogP contribution is -2.37. The van der Waals surface area contributed by atoms with Crippen LogP contribution in [0.1, 0.15) is 25.3 Å². The first-order valence-electron chi connectivity index (χ1n) is 6.99. The Morgan fingerprint density at radius 3 is 2.86 bits per heavy atom. The van der Waals surface area contributed by atoms with Crippen LogP contribution in [0, 0.1) is 5.92 Å². The van der Waals surface area contributed by atoms with Crippen molar-refractivity contribution < 1.29 is 13.2 Å². The number of nitrogens with two attached hydrogens (primary N) is 1. The Labute approximate surface area is 130 Å². The summed E-state index contributed by atoms with van der Waals surface area (Å²) in [7, 11) is -3.74. The van der Waals surface area contributed by atoms with Gasteiger partial charge in [0.2, 0.25) is 10.0 Å². The highest BCUT2D eigenvalue weighted by atomic mass is 35.5. The molecule has 1 aliphatic rings. The van der Waals surface area contributed by atoms with E-state index in [-0.39, 0.29) is 4.90 Å². The standard InChI is InChI=1S/C14H21ClN2O3S/c1-10(12-3-2-4-20-9-12)17-8-11-5-13(15)7-14(6-11)21(16,18)19/h5-7,10,12,17H,2-4,8-9H2,1H3,(H2,16,18,19). The SMILES string of the molecule is CC(NCc1cc(Cl)cc(S(N)(=O)=O)c1)C1CCCOC1. The number of nitrogens with one attached hydrogen (secondary N) is 1. The maximum absolute atomic E-state index is 11.4. The number of primary sulfonamides is 1. The molecule has 0 saturated carbocycles. The van der Waals surface area contributed by atoms with Crippen molar-refractivity contribution in [2.45, 2.75) is 37.2 Å².